The van der Waals surface area contributed by atoms with Crippen molar-refractivity contribution in [2.75, 3.05) is 11.9 Å². The zero-order chi connectivity index (χ0) is 24.3. The van der Waals surface area contributed by atoms with Crippen LogP contribution in [0, 0.1) is 0 Å². The topological polar surface area (TPSA) is 87.3 Å². The molecule has 6 nitrogen and oxygen atoms in total. The summed E-state index contributed by atoms with van der Waals surface area (Å²) in [5.41, 5.74) is 3.30. The summed E-state index contributed by atoms with van der Waals surface area (Å²) >= 11 is 0. The lowest BCUT2D eigenvalue weighted by atomic mass is 9.97. The number of sulfone groups is 1. The summed E-state index contributed by atoms with van der Waals surface area (Å²) in [5, 5.41) is 6.96. The van der Waals surface area contributed by atoms with Crippen molar-refractivity contribution in [3.63, 3.8) is 0 Å². The van der Waals surface area contributed by atoms with Crippen LogP contribution in [0.5, 0.6) is 0 Å². The first-order valence-electron chi connectivity index (χ1n) is 10.9. The van der Waals surface area contributed by atoms with Gasteiger partial charge in [-0.25, -0.2) is 17.6 Å². The molecule has 3 aromatic carbocycles. The minimum atomic E-state index is -3.65. The van der Waals surface area contributed by atoms with Gasteiger partial charge in [0, 0.05) is 18.8 Å². The van der Waals surface area contributed by atoms with E-state index >= 15 is 0 Å². The van der Waals surface area contributed by atoms with Crippen molar-refractivity contribution >= 4 is 30.8 Å². The summed E-state index contributed by atoms with van der Waals surface area (Å²) < 4.78 is 40.7. The molecule has 3 aromatic rings. The molecule has 4 rings (SSSR count). The number of carbonyl (C=O) groups is 1. The molecule has 3 N–H and O–H groups in total. The lowest BCUT2D eigenvalue weighted by molar-refractivity contribution is 0.249. The molecule has 0 saturated carbocycles. The van der Waals surface area contributed by atoms with Crippen LogP contribution in [0.4, 0.5) is 14.9 Å². The van der Waals surface area contributed by atoms with Gasteiger partial charge in [0.15, 0.2) is 15.2 Å². The van der Waals surface area contributed by atoms with Gasteiger partial charge < -0.3 is 16.0 Å². The monoisotopic (exact) mass is 499 g/mol. The minimum absolute atomic E-state index is 0.132. The largest absolute Gasteiger partial charge is 0.331 e. The first kappa shape index (κ1) is 24.3. The summed E-state index contributed by atoms with van der Waals surface area (Å²) in [6, 6.07) is 20.1. The number of fused-ring (bicyclic) bond motifs is 1. The zero-order valence-electron chi connectivity index (χ0n) is 18.7. The van der Waals surface area contributed by atoms with Gasteiger partial charge in [-0.15, -0.1) is 0 Å². The molecule has 9 heteroatoms. The third-order valence-corrected chi connectivity index (χ3v) is 8.01. The normalized spacial score (nSPS) is 18.6. The van der Waals surface area contributed by atoms with Crippen LogP contribution in [0.2, 0.25) is 0 Å². The van der Waals surface area contributed by atoms with Crippen molar-refractivity contribution in [3.05, 3.63) is 95.1 Å². The number of carbonyl (C=O) groups excluding carboxylic acids is 1. The smallest absolute Gasteiger partial charge is 0.319 e. The molecule has 0 bridgehead atoms. The van der Waals surface area contributed by atoms with Crippen LogP contribution < -0.4 is 16.0 Å². The number of rotatable bonds is 6. The summed E-state index contributed by atoms with van der Waals surface area (Å²) in [7, 11) is -1.45. The molecule has 0 aromatic heterocycles. The molecule has 0 spiro atoms. The van der Waals surface area contributed by atoms with Crippen LogP contribution in [0.25, 0.3) is 0 Å². The Morgan fingerprint density at radius 2 is 1.82 bits per heavy atom. The summed E-state index contributed by atoms with van der Waals surface area (Å²) in [5.74, 6) is -0.240. The van der Waals surface area contributed by atoms with E-state index in [0.29, 0.717) is 23.4 Å². The second-order valence-corrected chi connectivity index (χ2v) is 11.4. The van der Waals surface area contributed by atoms with Crippen molar-refractivity contribution < 1.29 is 17.6 Å². The van der Waals surface area contributed by atoms with E-state index in [0.717, 1.165) is 11.1 Å². The Labute approximate surface area is 201 Å². The van der Waals surface area contributed by atoms with Gasteiger partial charge in [-0.1, -0.05) is 57.8 Å². The van der Waals surface area contributed by atoms with E-state index < -0.39 is 15.2 Å². The fourth-order valence-corrected chi connectivity index (χ4v) is 5.71. The van der Waals surface area contributed by atoms with E-state index in [1.54, 1.807) is 30.3 Å². The molecule has 3 unspecified atom stereocenters. The number of benzene rings is 3. The van der Waals surface area contributed by atoms with Gasteiger partial charge in [0.05, 0.1) is 16.7 Å². The molecule has 1 heterocycles. The third-order valence-electron chi connectivity index (χ3n) is 5.79. The maximum Gasteiger partial charge on any atom is 0.319 e. The first-order valence-corrected chi connectivity index (χ1v) is 13.1. The fourth-order valence-electron chi connectivity index (χ4n) is 3.97. The average Bonchev–Trinajstić information content (AvgIpc) is 2.80. The Balaban J connectivity index is 1.41. The standard InChI is InChI=1S/C25H27FN3O3PS/c1-17(19-5-3-2-4-6-19)28-24(30)29-21-9-11-22(12-10-21)34(31,32)15-18-7-8-20-14-27-16-25(26,33)23(20)13-18/h2-13,17,27H,14-16,33H2,1H3,(H2,28,29,30). The predicted octanol–water partition coefficient (Wildman–Crippen LogP) is 4.64. The van der Waals surface area contributed by atoms with Crippen molar-refractivity contribution in [1.29, 1.82) is 0 Å². The predicted molar refractivity (Wildman–Crippen MR) is 135 cm³/mol. The molecule has 0 saturated heterocycles. The van der Waals surface area contributed by atoms with Crippen molar-refractivity contribution in [3.8, 4) is 0 Å². The van der Waals surface area contributed by atoms with Crippen LogP contribution in [0.3, 0.4) is 0 Å². The van der Waals surface area contributed by atoms with Crippen molar-refractivity contribution in [1.82, 2.24) is 10.6 Å². The third kappa shape index (κ3) is 5.63. The summed E-state index contributed by atoms with van der Waals surface area (Å²) in [6.07, 6.45) is 0. The van der Waals surface area contributed by atoms with Gasteiger partial charge in [0.1, 0.15) is 0 Å². The lowest BCUT2D eigenvalue weighted by Crippen LogP contribution is -2.35. The molecule has 0 fully saturated rings. The number of nitrogens with one attached hydrogen (secondary N) is 3. The number of halogens is 1. The van der Waals surface area contributed by atoms with E-state index in [-0.39, 0.29) is 29.3 Å². The second-order valence-electron chi connectivity index (χ2n) is 8.47. The van der Waals surface area contributed by atoms with Crippen LogP contribution in [0.15, 0.2) is 77.7 Å². The van der Waals surface area contributed by atoms with Crippen LogP contribution in [-0.2, 0) is 27.5 Å². The van der Waals surface area contributed by atoms with E-state index in [9.17, 15) is 17.6 Å². The van der Waals surface area contributed by atoms with Crippen LogP contribution in [0.1, 0.15) is 35.2 Å². The molecule has 2 amide bonds. The number of anilines is 1. The summed E-state index contributed by atoms with van der Waals surface area (Å²) in [4.78, 5) is 12.4. The Hall–Kier alpha value is -2.80. The van der Waals surface area contributed by atoms with Gasteiger partial charge in [-0.2, -0.15) is 0 Å². The number of hydrogen-bond donors (Lipinski definition) is 3. The molecule has 34 heavy (non-hydrogen) atoms. The van der Waals surface area contributed by atoms with Crippen molar-refractivity contribution in [2.24, 2.45) is 0 Å². The molecular formula is C25H27FN3O3PS. The van der Waals surface area contributed by atoms with Crippen molar-refractivity contribution in [2.45, 2.75) is 35.6 Å². The Morgan fingerprint density at radius 3 is 2.53 bits per heavy atom. The fraction of sp³-hybridized carbons (Fsp3) is 0.240. The van der Waals surface area contributed by atoms with E-state index in [2.05, 4.69) is 25.2 Å². The van der Waals surface area contributed by atoms with Gasteiger partial charge in [0.25, 0.3) is 0 Å². The Morgan fingerprint density at radius 1 is 1.12 bits per heavy atom. The SMILES string of the molecule is CC(NC(=O)Nc1ccc(S(=O)(=O)Cc2ccc3c(c2)C(F)(P)CNC3)cc1)c1ccccc1. The molecule has 3 atom stereocenters. The highest BCUT2D eigenvalue weighted by Gasteiger charge is 2.32. The lowest BCUT2D eigenvalue weighted by Gasteiger charge is -2.29. The number of amides is 2. The first-order chi connectivity index (χ1) is 16.1. The second kappa shape index (κ2) is 9.82. The number of urea groups is 1. The molecular weight excluding hydrogens is 472 g/mol. The number of alkyl halides is 1. The molecule has 178 valence electrons. The van der Waals surface area contributed by atoms with Gasteiger partial charge in [-0.3, -0.25) is 0 Å². The van der Waals surface area contributed by atoms with E-state index in [4.69, 9.17) is 0 Å². The maximum atomic E-state index is 14.8. The highest BCUT2D eigenvalue weighted by atomic mass is 32.2. The number of hydrogen-bond acceptors (Lipinski definition) is 4. The van der Waals surface area contributed by atoms with E-state index in [1.807, 2.05) is 37.3 Å². The highest BCUT2D eigenvalue weighted by Crippen LogP contribution is 2.38. The molecule has 1 aliphatic rings. The molecule has 0 radical (unpaired) electrons. The van der Waals surface area contributed by atoms with Gasteiger partial charge >= 0.3 is 6.03 Å². The molecule has 1 aliphatic heterocycles. The highest BCUT2D eigenvalue weighted by molar-refractivity contribution is 7.90. The molecule has 0 aliphatic carbocycles. The maximum absolute atomic E-state index is 14.8. The van der Waals surface area contributed by atoms with E-state index in [1.165, 1.54) is 12.1 Å². The minimum Gasteiger partial charge on any atom is -0.331 e. The van der Waals surface area contributed by atoms with Gasteiger partial charge in [-0.05, 0) is 53.4 Å². The van der Waals surface area contributed by atoms with Crippen LogP contribution >= 0.6 is 9.24 Å². The Bertz CT molecular complexity index is 1280. The average molecular weight is 500 g/mol. The zero-order valence-corrected chi connectivity index (χ0v) is 20.7. The quantitative estimate of drug-likeness (QED) is 0.431. The van der Waals surface area contributed by atoms with Gasteiger partial charge in [0.2, 0.25) is 0 Å². The summed E-state index contributed by atoms with van der Waals surface area (Å²) in [6.45, 7) is 2.59. The van der Waals surface area contributed by atoms with Crippen LogP contribution in [-0.4, -0.2) is 21.0 Å². The Kier molecular flexibility index (Phi) is 7.03.